The van der Waals surface area contributed by atoms with Crippen LogP contribution in [0.15, 0.2) is 30.7 Å². The van der Waals surface area contributed by atoms with Gasteiger partial charge in [0.2, 0.25) is 0 Å². The molecule has 3 aromatic heterocycles. The summed E-state index contributed by atoms with van der Waals surface area (Å²) in [5.41, 5.74) is 7.23. The maximum Gasteiger partial charge on any atom is 0.190 e. The number of nitrogen functional groups attached to an aromatic ring is 1. The molecule has 78 valence electrons. The van der Waals surface area contributed by atoms with E-state index in [9.17, 15) is 0 Å². The van der Waals surface area contributed by atoms with Crippen molar-refractivity contribution in [1.29, 1.82) is 0 Å². The summed E-state index contributed by atoms with van der Waals surface area (Å²) < 4.78 is 0. The molecular weight excluding hydrogens is 222 g/mol. The Labute approximate surface area is 95.0 Å². The molecule has 3 heterocycles. The Morgan fingerprint density at radius 3 is 2.75 bits per heavy atom. The van der Waals surface area contributed by atoms with Crippen LogP contribution >= 0.6 is 11.3 Å². The van der Waals surface area contributed by atoms with E-state index >= 15 is 0 Å². The molecule has 0 bridgehead atoms. The molecule has 0 radical (unpaired) electrons. The van der Waals surface area contributed by atoms with E-state index in [0.29, 0.717) is 11.5 Å². The third-order valence-electron chi connectivity index (χ3n) is 2.08. The van der Waals surface area contributed by atoms with Crippen LogP contribution in [-0.2, 0) is 0 Å². The molecule has 6 heteroatoms. The number of anilines is 1. The predicted octanol–water partition coefficient (Wildman–Crippen LogP) is 1.73. The first-order chi connectivity index (χ1) is 7.83. The molecule has 0 aliphatic rings. The second-order valence-corrected chi connectivity index (χ2v) is 4.15. The molecule has 0 aliphatic carbocycles. The first-order valence-corrected chi connectivity index (χ1v) is 5.44. The zero-order valence-corrected chi connectivity index (χ0v) is 8.98. The second-order valence-electron chi connectivity index (χ2n) is 3.17. The number of nitrogens with zero attached hydrogens (tertiary/aromatic N) is 4. The lowest BCUT2D eigenvalue weighted by Gasteiger charge is -1.95. The van der Waals surface area contributed by atoms with Crippen molar-refractivity contribution in [3.8, 4) is 10.6 Å². The topological polar surface area (TPSA) is 77.6 Å². The van der Waals surface area contributed by atoms with Gasteiger partial charge in [-0.25, -0.2) is 19.9 Å². The third-order valence-corrected chi connectivity index (χ3v) is 3.08. The number of fused-ring (bicyclic) bond motifs is 1. The molecule has 5 nitrogen and oxygen atoms in total. The molecule has 16 heavy (non-hydrogen) atoms. The van der Waals surface area contributed by atoms with Gasteiger partial charge < -0.3 is 5.73 Å². The van der Waals surface area contributed by atoms with Crippen molar-refractivity contribution in [2.45, 2.75) is 0 Å². The van der Waals surface area contributed by atoms with Crippen molar-refractivity contribution in [2.75, 3.05) is 5.73 Å². The van der Waals surface area contributed by atoms with E-state index < -0.39 is 0 Å². The van der Waals surface area contributed by atoms with Gasteiger partial charge in [0.05, 0.1) is 0 Å². The van der Waals surface area contributed by atoms with Crippen molar-refractivity contribution in [3.05, 3.63) is 30.7 Å². The molecule has 0 unspecified atom stereocenters. The van der Waals surface area contributed by atoms with Crippen LogP contribution in [0.1, 0.15) is 0 Å². The fourth-order valence-corrected chi connectivity index (χ4v) is 2.25. The molecule has 0 spiro atoms. The number of pyridine rings is 1. The van der Waals surface area contributed by atoms with E-state index in [4.69, 9.17) is 5.73 Å². The number of aromatic nitrogens is 4. The average molecular weight is 229 g/mol. The van der Waals surface area contributed by atoms with Crippen LogP contribution in [-0.4, -0.2) is 19.9 Å². The summed E-state index contributed by atoms with van der Waals surface area (Å²) in [6.07, 6.45) is 4.95. The first-order valence-electron chi connectivity index (χ1n) is 4.62. The van der Waals surface area contributed by atoms with E-state index in [1.54, 1.807) is 24.7 Å². The Bertz CT molecular complexity index is 615. The SMILES string of the molecule is Nc1cc(-c2nc3nccnc3s2)ccn1. The molecule has 0 fully saturated rings. The lowest BCUT2D eigenvalue weighted by Crippen LogP contribution is -1.88. The van der Waals surface area contributed by atoms with E-state index in [0.717, 1.165) is 15.4 Å². The van der Waals surface area contributed by atoms with E-state index in [1.807, 2.05) is 6.07 Å². The number of thiazole rings is 1. The Morgan fingerprint density at radius 1 is 1.06 bits per heavy atom. The summed E-state index contributed by atoms with van der Waals surface area (Å²) in [5, 5.41) is 0.857. The average Bonchev–Trinajstić information content (AvgIpc) is 2.72. The second kappa shape index (κ2) is 3.49. The fourth-order valence-electron chi connectivity index (χ4n) is 1.38. The van der Waals surface area contributed by atoms with Crippen LogP contribution < -0.4 is 5.73 Å². The lowest BCUT2D eigenvalue weighted by molar-refractivity contribution is 1.26. The molecule has 0 atom stereocenters. The maximum atomic E-state index is 5.62. The fraction of sp³-hybridized carbons (Fsp3) is 0. The van der Waals surface area contributed by atoms with Gasteiger partial charge in [-0.1, -0.05) is 11.3 Å². The minimum atomic E-state index is 0.484. The largest absolute Gasteiger partial charge is 0.384 e. The van der Waals surface area contributed by atoms with Crippen LogP contribution in [0.2, 0.25) is 0 Å². The van der Waals surface area contributed by atoms with Gasteiger partial charge >= 0.3 is 0 Å². The zero-order chi connectivity index (χ0) is 11.0. The summed E-state index contributed by atoms with van der Waals surface area (Å²) in [6.45, 7) is 0. The summed E-state index contributed by atoms with van der Waals surface area (Å²) in [7, 11) is 0. The van der Waals surface area contributed by atoms with Gasteiger partial charge in [-0.3, -0.25) is 0 Å². The van der Waals surface area contributed by atoms with Gasteiger partial charge in [-0.15, -0.1) is 0 Å². The highest BCUT2D eigenvalue weighted by atomic mass is 32.1. The van der Waals surface area contributed by atoms with Crippen molar-refractivity contribution in [2.24, 2.45) is 0 Å². The van der Waals surface area contributed by atoms with Crippen LogP contribution in [0.5, 0.6) is 0 Å². The highest BCUT2D eigenvalue weighted by Gasteiger charge is 2.07. The Kier molecular flexibility index (Phi) is 2.00. The van der Waals surface area contributed by atoms with E-state index in [2.05, 4.69) is 19.9 Å². The normalized spacial score (nSPS) is 10.8. The number of rotatable bonds is 1. The molecule has 0 amide bonds. The Balaban J connectivity index is 2.19. The van der Waals surface area contributed by atoms with Crippen LogP contribution in [0, 0.1) is 0 Å². The molecular formula is C10H7N5S. The summed E-state index contributed by atoms with van der Waals surface area (Å²) in [6, 6.07) is 3.66. The number of hydrogen-bond acceptors (Lipinski definition) is 6. The maximum absolute atomic E-state index is 5.62. The van der Waals surface area contributed by atoms with Gasteiger partial charge in [-0.2, -0.15) is 0 Å². The molecule has 3 rings (SSSR count). The number of hydrogen-bond donors (Lipinski definition) is 1. The van der Waals surface area contributed by atoms with Crippen molar-refractivity contribution < 1.29 is 0 Å². The van der Waals surface area contributed by atoms with Gasteiger partial charge in [0, 0.05) is 24.2 Å². The quantitative estimate of drug-likeness (QED) is 0.687. The van der Waals surface area contributed by atoms with Crippen LogP contribution in [0.3, 0.4) is 0 Å². The van der Waals surface area contributed by atoms with Crippen molar-refractivity contribution >= 4 is 27.6 Å². The van der Waals surface area contributed by atoms with Gasteiger partial charge in [-0.05, 0) is 12.1 Å². The Morgan fingerprint density at radius 2 is 1.94 bits per heavy atom. The molecule has 2 N–H and O–H groups in total. The van der Waals surface area contributed by atoms with Crippen molar-refractivity contribution in [3.63, 3.8) is 0 Å². The zero-order valence-electron chi connectivity index (χ0n) is 8.16. The minimum Gasteiger partial charge on any atom is -0.384 e. The molecule has 3 aromatic rings. The van der Waals surface area contributed by atoms with Gasteiger partial charge in [0.15, 0.2) is 10.5 Å². The minimum absolute atomic E-state index is 0.484. The van der Waals surface area contributed by atoms with E-state index in [1.165, 1.54) is 11.3 Å². The first kappa shape index (κ1) is 9.17. The smallest absolute Gasteiger partial charge is 0.190 e. The predicted molar refractivity (Wildman–Crippen MR) is 62.9 cm³/mol. The van der Waals surface area contributed by atoms with Crippen molar-refractivity contribution in [1.82, 2.24) is 19.9 Å². The lowest BCUT2D eigenvalue weighted by atomic mass is 10.3. The highest BCUT2D eigenvalue weighted by Crippen LogP contribution is 2.27. The third kappa shape index (κ3) is 1.49. The summed E-state index contributed by atoms with van der Waals surface area (Å²) in [4.78, 5) is 17.5. The molecule has 0 saturated heterocycles. The molecule has 0 aliphatic heterocycles. The number of nitrogens with two attached hydrogens (primary N) is 1. The van der Waals surface area contributed by atoms with E-state index in [-0.39, 0.29) is 0 Å². The molecule has 0 saturated carbocycles. The van der Waals surface area contributed by atoms with Gasteiger partial charge in [0.25, 0.3) is 0 Å². The van der Waals surface area contributed by atoms with Crippen LogP contribution in [0.4, 0.5) is 5.82 Å². The Hall–Kier alpha value is -2.08. The summed E-state index contributed by atoms with van der Waals surface area (Å²) >= 11 is 1.49. The summed E-state index contributed by atoms with van der Waals surface area (Å²) in [5.74, 6) is 0.484. The van der Waals surface area contributed by atoms with Crippen LogP contribution in [0.25, 0.3) is 21.0 Å². The monoisotopic (exact) mass is 229 g/mol. The standard InChI is InChI=1S/C10H7N5S/c11-7-5-6(1-2-12-7)9-15-8-10(16-9)14-4-3-13-8/h1-5H,(H2,11,12). The molecule has 0 aromatic carbocycles. The highest BCUT2D eigenvalue weighted by molar-refractivity contribution is 7.21. The van der Waals surface area contributed by atoms with Gasteiger partial charge in [0.1, 0.15) is 10.8 Å².